The van der Waals surface area contributed by atoms with Gasteiger partial charge in [0.25, 0.3) is 0 Å². The van der Waals surface area contributed by atoms with Crippen molar-refractivity contribution < 1.29 is 0 Å². The number of aromatic nitrogens is 1. The molecule has 2 aromatic rings. The molecule has 1 atom stereocenters. The van der Waals surface area contributed by atoms with E-state index in [1.54, 1.807) is 0 Å². The van der Waals surface area contributed by atoms with Crippen molar-refractivity contribution in [3.63, 3.8) is 0 Å². The first-order valence-corrected chi connectivity index (χ1v) is 6.58. The Balaban J connectivity index is 1.95. The molecule has 4 heteroatoms. The van der Waals surface area contributed by atoms with Gasteiger partial charge >= 0.3 is 0 Å². The maximum Gasteiger partial charge on any atom is 0.0707 e. The summed E-state index contributed by atoms with van der Waals surface area (Å²) >= 11 is 5.98. The predicted molar refractivity (Wildman–Crippen MR) is 75.0 cm³/mol. The number of hydrogen-bond donors (Lipinski definition) is 1. The van der Waals surface area contributed by atoms with Gasteiger partial charge in [-0.1, -0.05) is 17.7 Å². The summed E-state index contributed by atoms with van der Waals surface area (Å²) in [6.07, 6.45) is 0. The molecule has 94 valence electrons. The quantitative estimate of drug-likeness (QED) is 0.855. The third kappa shape index (κ3) is 2.34. The van der Waals surface area contributed by atoms with Crippen LogP contribution in [0.5, 0.6) is 0 Å². The van der Waals surface area contributed by atoms with Gasteiger partial charge in [-0.25, -0.2) is 0 Å². The summed E-state index contributed by atoms with van der Waals surface area (Å²) in [5.74, 6) is 0. The summed E-state index contributed by atoms with van der Waals surface area (Å²) in [5.41, 5.74) is 2.11. The number of hydrogen-bond acceptors (Lipinski definition) is 3. The summed E-state index contributed by atoms with van der Waals surface area (Å²) in [5, 5.41) is 5.36. The van der Waals surface area contributed by atoms with Crippen LogP contribution in [-0.4, -0.2) is 36.6 Å². The lowest BCUT2D eigenvalue weighted by Crippen LogP contribution is -2.43. The Morgan fingerprint density at radius 3 is 3.06 bits per heavy atom. The van der Waals surface area contributed by atoms with Crippen LogP contribution in [0.4, 0.5) is 0 Å². The second-order valence-electron chi connectivity index (χ2n) is 4.84. The largest absolute Gasteiger partial charge is 0.306 e. The van der Waals surface area contributed by atoms with Crippen LogP contribution in [0.2, 0.25) is 5.02 Å². The van der Waals surface area contributed by atoms with Crippen molar-refractivity contribution in [2.24, 2.45) is 0 Å². The van der Waals surface area contributed by atoms with E-state index < -0.39 is 0 Å². The smallest absolute Gasteiger partial charge is 0.0707 e. The number of rotatable bonds is 1. The Hall–Kier alpha value is -1.16. The van der Waals surface area contributed by atoms with Gasteiger partial charge in [0.05, 0.1) is 17.3 Å². The molecule has 1 unspecified atom stereocenters. The number of halogens is 1. The number of pyridine rings is 1. The van der Waals surface area contributed by atoms with Gasteiger partial charge in [0, 0.05) is 30.0 Å². The maximum absolute atomic E-state index is 5.98. The Labute approximate surface area is 112 Å². The van der Waals surface area contributed by atoms with Gasteiger partial charge in [0.1, 0.15) is 0 Å². The van der Waals surface area contributed by atoms with Gasteiger partial charge in [-0.15, -0.1) is 0 Å². The van der Waals surface area contributed by atoms with Crippen LogP contribution in [0, 0.1) is 0 Å². The molecule has 1 aromatic heterocycles. The van der Waals surface area contributed by atoms with E-state index in [2.05, 4.69) is 29.4 Å². The summed E-state index contributed by atoms with van der Waals surface area (Å²) in [6.45, 7) is 3.12. The first-order chi connectivity index (χ1) is 8.72. The fraction of sp³-hybridized carbons (Fsp3) is 0.357. The monoisotopic (exact) mass is 261 g/mol. The van der Waals surface area contributed by atoms with Crippen molar-refractivity contribution >= 4 is 22.5 Å². The second-order valence-corrected chi connectivity index (χ2v) is 5.28. The minimum absolute atomic E-state index is 0.323. The lowest BCUT2D eigenvalue weighted by molar-refractivity contribution is 0.238. The van der Waals surface area contributed by atoms with Gasteiger partial charge in [-0.2, -0.15) is 0 Å². The first-order valence-electron chi connectivity index (χ1n) is 6.20. The molecule has 0 aliphatic carbocycles. The van der Waals surface area contributed by atoms with Crippen molar-refractivity contribution in [3.05, 3.63) is 41.0 Å². The van der Waals surface area contributed by atoms with Crippen LogP contribution in [-0.2, 0) is 0 Å². The van der Waals surface area contributed by atoms with Gasteiger partial charge in [-0.05, 0) is 31.3 Å². The molecule has 1 fully saturated rings. The van der Waals surface area contributed by atoms with Crippen LogP contribution in [0.15, 0.2) is 30.3 Å². The van der Waals surface area contributed by atoms with Crippen molar-refractivity contribution in [1.82, 2.24) is 15.2 Å². The van der Waals surface area contributed by atoms with E-state index in [4.69, 9.17) is 16.6 Å². The fourth-order valence-electron chi connectivity index (χ4n) is 2.40. The number of piperazine rings is 1. The second kappa shape index (κ2) is 4.84. The third-order valence-corrected chi connectivity index (χ3v) is 3.64. The highest BCUT2D eigenvalue weighted by atomic mass is 35.5. The highest BCUT2D eigenvalue weighted by Gasteiger charge is 2.19. The Morgan fingerprint density at radius 1 is 1.33 bits per heavy atom. The van der Waals surface area contributed by atoms with E-state index in [1.807, 2.05) is 18.2 Å². The topological polar surface area (TPSA) is 28.2 Å². The molecular weight excluding hydrogens is 246 g/mol. The maximum atomic E-state index is 5.98. The zero-order chi connectivity index (χ0) is 12.5. The Morgan fingerprint density at radius 2 is 2.22 bits per heavy atom. The van der Waals surface area contributed by atoms with E-state index in [9.17, 15) is 0 Å². The normalized spacial score (nSPS) is 21.3. The number of likely N-dealkylation sites (N-methyl/N-ethyl adjacent to an activating group) is 1. The van der Waals surface area contributed by atoms with Crippen LogP contribution >= 0.6 is 11.6 Å². The van der Waals surface area contributed by atoms with Crippen LogP contribution in [0.25, 0.3) is 10.9 Å². The highest BCUT2D eigenvalue weighted by molar-refractivity contribution is 6.31. The SMILES string of the molecule is CN1CCNC(c2ccc3cc(Cl)ccc3n2)C1. The Bertz CT molecular complexity index is 570. The number of nitrogens with zero attached hydrogens (tertiary/aromatic N) is 2. The van der Waals surface area contributed by atoms with E-state index in [-0.39, 0.29) is 0 Å². The van der Waals surface area contributed by atoms with E-state index in [0.717, 1.165) is 41.3 Å². The summed E-state index contributed by atoms with van der Waals surface area (Å²) < 4.78 is 0. The van der Waals surface area contributed by atoms with Gasteiger partial charge in [-0.3, -0.25) is 4.98 Å². The minimum atomic E-state index is 0.323. The fourth-order valence-corrected chi connectivity index (χ4v) is 2.58. The summed E-state index contributed by atoms with van der Waals surface area (Å²) in [6, 6.07) is 10.3. The molecule has 0 bridgehead atoms. The molecule has 0 radical (unpaired) electrons. The lowest BCUT2D eigenvalue weighted by atomic mass is 10.1. The average Bonchev–Trinajstić information content (AvgIpc) is 2.38. The van der Waals surface area contributed by atoms with E-state index in [1.165, 1.54) is 0 Å². The predicted octanol–water partition coefficient (Wildman–Crippen LogP) is 2.46. The zero-order valence-electron chi connectivity index (χ0n) is 10.4. The van der Waals surface area contributed by atoms with Crippen LogP contribution in [0.1, 0.15) is 11.7 Å². The van der Waals surface area contributed by atoms with Crippen LogP contribution in [0.3, 0.4) is 0 Å². The van der Waals surface area contributed by atoms with Gasteiger partial charge < -0.3 is 10.2 Å². The molecule has 1 aromatic carbocycles. The van der Waals surface area contributed by atoms with E-state index in [0.29, 0.717) is 6.04 Å². The Kier molecular flexibility index (Phi) is 3.20. The number of fused-ring (bicyclic) bond motifs is 1. The third-order valence-electron chi connectivity index (χ3n) is 3.41. The standard InChI is InChI=1S/C14H16ClN3/c1-18-7-6-16-14(9-18)13-4-2-10-8-11(15)3-5-12(10)17-13/h2-5,8,14,16H,6-7,9H2,1H3. The average molecular weight is 262 g/mol. The molecular formula is C14H16ClN3. The van der Waals surface area contributed by atoms with Gasteiger partial charge in [0.2, 0.25) is 0 Å². The molecule has 1 aliphatic rings. The number of nitrogens with one attached hydrogen (secondary N) is 1. The van der Waals surface area contributed by atoms with Crippen molar-refractivity contribution in [1.29, 1.82) is 0 Å². The highest BCUT2D eigenvalue weighted by Crippen LogP contribution is 2.21. The first kappa shape index (κ1) is 11.9. The molecule has 1 N–H and O–H groups in total. The summed E-state index contributed by atoms with van der Waals surface area (Å²) in [4.78, 5) is 7.05. The molecule has 18 heavy (non-hydrogen) atoms. The zero-order valence-corrected chi connectivity index (χ0v) is 11.1. The van der Waals surface area contributed by atoms with Crippen molar-refractivity contribution in [3.8, 4) is 0 Å². The van der Waals surface area contributed by atoms with E-state index >= 15 is 0 Å². The molecule has 0 amide bonds. The molecule has 3 nitrogen and oxygen atoms in total. The minimum Gasteiger partial charge on any atom is -0.306 e. The molecule has 3 rings (SSSR count). The molecule has 1 saturated heterocycles. The van der Waals surface area contributed by atoms with Gasteiger partial charge in [0.15, 0.2) is 0 Å². The number of benzene rings is 1. The van der Waals surface area contributed by atoms with Crippen molar-refractivity contribution in [2.75, 3.05) is 26.7 Å². The molecule has 0 saturated carbocycles. The van der Waals surface area contributed by atoms with Crippen LogP contribution < -0.4 is 5.32 Å². The molecule has 0 spiro atoms. The molecule has 1 aliphatic heterocycles. The molecule has 2 heterocycles. The summed E-state index contributed by atoms with van der Waals surface area (Å²) in [7, 11) is 2.15. The van der Waals surface area contributed by atoms with Crippen molar-refractivity contribution in [2.45, 2.75) is 6.04 Å². The lowest BCUT2D eigenvalue weighted by Gasteiger charge is -2.30.